The number of hydrogen-bond acceptors (Lipinski definition) is 12. The van der Waals surface area contributed by atoms with E-state index >= 15 is 0 Å². The third kappa shape index (κ3) is 19.8. The first-order valence-corrected chi connectivity index (χ1v) is 22.6. The lowest BCUT2D eigenvalue weighted by Crippen LogP contribution is -2.44. The van der Waals surface area contributed by atoms with Gasteiger partial charge in [0.2, 0.25) is 11.8 Å². The Labute approximate surface area is 405 Å². The van der Waals surface area contributed by atoms with E-state index in [1.54, 1.807) is 48.5 Å². The summed E-state index contributed by atoms with van der Waals surface area (Å²) in [6, 6.07) is 41.8. The fraction of sp³-hybridized carbons (Fsp3) is 0.294. The molecule has 0 fully saturated rings. The normalized spacial score (nSPS) is 10.5. The van der Waals surface area contributed by atoms with Crippen LogP contribution in [0.3, 0.4) is 0 Å². The predicted octanol–water partition coefficient (Wildman–Crippen LogP) is 6.82. The molecule has 4 N–H and O–H groups in total. The lowest BCUT2D eigenvalue weighted by molar-refractivity contribution is -0.384. The van der Waals surface area contributed by atoms with Gasteiger partial charge < -0.3 is 50.0 Å². The van der Waals surface area contributed by atoms with Crippen molar-refractivity contribution in [2.24, 2.45) is 0 Å². The van der Waals surface area contributed by atoms with Crippen molar-refractivity contribution < 1.29 is 52.6 Å². The summed E-state index contributed by atoms with van der Waals surface area (Å²) in [5, 5.41) is 22.2. The number of ether oxygens (including phenoxy) is 4. The topological polar surface area (TPSA) is 237 Å². The van der Waals surface area contributed by atoms with Crippen molar-refractivity contribution in [1.29, 1.82) is 0 Å². The van der Waals surface area contributed by atoms with Crippen molar-refractivity contribution in [1.82, 2.24) is 31.1 Å². The van der Waals surface area contributed by atoms with Crippen LogP contribution in [0.15, 0.2) is 146 Å². The molecule has 5 aromatic rings. The van der Waals surface area contributed by atoms with E-state index in [1.807, 2.05) is 72.8 Å². The Morgan fingerprint density at radius 2 is 0.700 bits per heavy atom. The van der Waals surface area contributed by atoms with Gasteiger partial charge in [0.1, 0.15) is 26.4 Å². The first-order valence-electron chi connectivity index (χ1n) is 22.6. The minimum Gasteiger partial charge on any atom is -0.445 e. The second kappa shape index (κ2) is 29.3. The van der Waals surface area contributed by atoms with Crippen molar-refractivity contribution in [2.45, 2.75) is 45.2 Å². The van der Waals surface area contributed by atoms with Gasteiger partial charge in [0.15, 0.2) is 0 Å². The molecule has 19 nitrogen and oxygen atoms in total. The average molecular weight is 960 g/mol. The van der Waals surface area contributed by atoms with E-state index in [2.05, 4.69) is 21.3 Å². The molecule has 5 rings (SSSR count). The van der Waals surface area contributed by atoms with E-state index in [1.165, 1.54) is 34.1 Å². The second-order valence-electron chi connectivity index (χ2n) is 15.7. The van der Waals surface area contributed by atoms with Crippen LogP contribution in [0.1, 0.15) is 46.6 Å². The van der Waals surface area contributed by atoms with Crippen LogP contribution < -0.4 is 21.3 Å². The summed E-state index contributed by atoms with van der Waals surface area (Å²) < 4.78 is 21.3. The number of carbonyl (C=O) groups is 6. The number of alkyl carbamates (subject to hydrolysis) is 4. The Morgan fingerprint density at radius 1 is 0.429 bits per heavy atom. The van der Waals surface area contributed by atoms with Crippen molar-refractivity contribution in [3.63, 3.8) is 0 Å². The molecule has 0 aliphatic heterocycles. The van der Waals surface area contributed by atoms with Gasteiger partial charge in [-0.25, -0.2) is 19.2 Å². The van der Waals surface area contributed by atoms with Gasteiger partial charge in [0.05, 0.1) is 4.92 Å². The smallest absolute Gasteiger partial charge is 0.407 e. The Balaban J connectivity index is 1.27. The Kier molecular flexibility index (Phi) is 22.0. The molecule has 0 saturated heterocycles. The number of non-ortho nitro benzene ring substituents is 1. The van der Waals surface area contributed by atoms with Crippen LogP contribution in [0.25, 0.3) is 0 Å². The average Bonchev–Trinajstić information content (AvgIpc) is 3.38. The molecule has 0 bridgehead atoms. The van der Waals surface area contributed by atoms with Crippen LogP contribution in [0, 0.1) is 10.1 Å². The summed E-state index contributed by atoms with van der Waals surface area (Å²) in [6.45, 7) is -0.133. The fourth-order valence-corrected chi connectivity index (χ4v) is 6.85. The van der Waals surface area contributed by atoms with E-state index in [4.69, 9.17) is 18.9 Å². The number of rotatable bonds is 26. The summed E-state index contributed by atoms with van der Waals surface area (Å²) in [4.78, 5) is 93.0. The molecular formula is C51H57N7O12. The predicted molar refractivity (Wildman–Crippen MR) is 257 cm³/mol. The molecule has 0 unspecified atom stereocenters. The molecular weight excluding hydrogens is 903 g/mol. The van der Waals surface area contributed by atoms with Crippen LogP contribution in [0.4, 0.5) is 24.9 Å². The van der Waals surface area contributed by atoms with Gasteiger partial charge in [-0.05, 0) is 27.8 Å². The van der Waals surface area contributed by atoms with Crippen molar-refractivity contribution in [3.05, 3.63) is 184 Å². The van der Waals surface area contributed by atoms with Gasteiger partial charge in [0.25, 0.3) is 5.69 Å². The monoisotopic (exact) mass is 959 g/mol. The highest BCUT2D eigenvalue weighted by molar-refractivity contribution is 5.81. The van der Waals surface area contributed by atoms with Crippen LogP contribution in [0.2, 0.25) is 0 Å². The summed E-state index contributed by atoms with van der Waals surface area (Å²) >= 11 is 0. The Bertz CT molecular complexity index is 2150. The zero-order valence-electron chi connectivity index (χ0n) is 38.6. The molecule has 368 valence electrons. The van der Waals surface area contributed by atoms with E-state index in [9.17, 15) is 38.9 Å². The highest BCUT2D eigenvalue weighted by Gasteiger charge is 2.27. The molecule has 0 radical (unpaired) electrons. The molecule has 19 heteroatoms. The van der Waals surface area contributed by atoms with Crippen LogP contribution in [0.5, 0.6) is 0 Å². The third-order valence-corrected chi connectivity index (χ3v) is 10.6. The Morgan fingerprint density at radius 3 is 0.957 bits per heavy atom. The molecule has 0 aliphatic rings. The standard InChI is InChI=1S/C51H57N7O12/c59-46(56(29-25-52-48(61)67-35-39-13-5-1-6-14-39)30-26-53-49(62)68-36-40-15-7-2-8-16-40)33-44(43-21-23-45(24-22-43)58(65)66)34-47(60)57(31-27-54-50(63)69-37-41-17-9-3-10-18-41)32-28-55-51(64)70-38-42-19-11-4-12-20-42/h1-24,44H,25-38H2,(H,52,61)(H,53,62)(H,54,63)(H,55,64). The van der Waals surface area contributed by atoms with Crippen LogP contribution >= 0.6 is 0 Å². The van der Waals surface area contributed by atoms with E-state index < -0.39 is 47.0 Å². The maximum Gasteiger partial charge on any atom is 0.407 e. The molecule has 0 atom stereocenters. The van der Waals surface area contributed by atoms with E-state index in [-0.39, 0.29) is 97.3 Å². The summed E-state index contributed by atoms with van der Waals surface area (Å²) in [5.74, 6) is -1.77. The summed E-state index contributed by atoms with van der Waals surface area (Å²) in [5.41, 5.74) is 3.36. The first kappa shape index (κ1) is 52.5. The molecule has 0 heterocycles. The van der Waals surface area contributed by atoms with Crippen LogP contribution in [-0.2, 0) is 55.0 Å². The van der Waals surface area contributed by atoms with Gasteiger partial charge in [-0.1, -0.05) is 133 Å². The number of nitrogens with zero attached hydrogens (tertiary/aromatic N) is 3. The summed E-state index contributed by atoms with van der Waals surface area (Å²) in [6.07, 6.45) is -3.42. The van der Waals surface area contributed by atoms with Gasteiger partial charge in [-0.3, -0.25) is 19.7 Å². The number of benzene rings is 5. The molecule has 0 aromatic heterocycles. The lowest BCUT2D eigenvalue weighted by atomic mass is 9.91. The Hall–Kier alpha value is -8.48. The van der Waals surface area contributed by atoms with Gasteiger partial charge in [-0.15, -0.1) is 0 Å². The van der Waals surface area contributed by atoms with Crippen LogP contribution in [-0.4, -0.2) is 103 Å². The minimum atomic E-state index is -0.842. The molecule has 5 aromatic carbocycles. The highest BCUT2D eigenvalue weighted by Crippen LogP contribution is 2.27. The molecule has 6 amide bonds. The fourth-order valence-electron chi connectivity index (χ4n) is 6.85. The van der Waals surface area contributed by atoms with Gasteiger partial charge >= 0.3 is 24.4 Å². The zero-order valence-corrected chi connectivity index (χ0v) is 38.6. The lowest BCUT2D eigenvalue weighted by Gasteiger charge is -2.28. The zero-order chi connectivity index (χ0) is 49.8. The molecule has 0 aliphatic carbocycles. The van der Waals surface area contributed by atoms with E-state index in [0.717, 1.165) is 22.3 Å². The number of hydrogen-bond donors (Lipinski definition) is 4. The number of nitro benzene ring substituents is 1. The van der Waals surface area contributed by atoms with E-state index in [0.29, 0.717) is 5.56 Å². The second-order valence-corrected chi connectivity index (χ2v) is 15.7. The van der Waals surface area contributed by atoms with Crippen molar-refractivity contribution >= 4 is 41.9 Å². The largest absolute Gasteiger partial charge is 0.445 e. The van der Waals surface area contributed by atoms with Gasteiger partial charge in [-0.2, -0.15) is 0 Å². The number of amides is 6. The maximum atomic E-state index is 14.3. The highest BCUT2D eigenvalue weighted by atomic mass is 16.6. The third-order valence-electron chi connectivity index (χ3n) is 10.6. The quantitative estimate of drug-likeness (QED) is 0.0254. The van der Waals surface area contributed by atoms with Gasteiger partial charge in [0, 0.05) is 83.3 Å². The first-order chi connectivity index (χ1) is 34.0. The number of carbonyl (C=O) groups excluding carboxylic acids is 6. The summed E-state index contributed by atoms with van der Waals surface area (Å²) in [7, 11) is 0. The molecule has 0 spiro atoms. The van der Waals surface area contributed by atoms with Crippen molar-refractivity contribution in [2.75, 3.05) is 52.4 Å². The maximum absolute atomic E-state index is 14.3. The number of nitrogens with one attached hydrogen (secondary N) is 4. The molecule has 0 saturated carbocycles. The van der Waals surface area contributed by atoms with Crippen molar-refractivity contribution in [3.8, 4) is 0 Å². The number of nitro groups is 1. The molecule has 70 heavy (non-hydrogen) atoms. The SMILES string of the molecule is O=C(NCCN(CCNC(=O)OCc1ccccc1)C(=O)CC(CC(=O)N(CCNC(=O)OCc1ccccc1)CCNC(=O)OCc1ccccc1)c1ccc([N+](=O)[O-])cc1)OCc1ccccc1. The minimum absolute atomic E-state index is 0.0227.